The highest BCUT2D eigenvalue weighted by molar-refractivity contribution is 7.10. The smallest absolute Gasteiger partial charge is 0.323 e. The quantitative estimate of drug-likeness (QED) is 0.469. The number of benzene rings is 1. The number of rotatable bonds is 3. The van der Waals surface area contributed by atoms with Gasteiger partial charge < -0.3 is 19.7 Å². The topological polar surface area (TPSA) is 92.6 Å². The molecule has 1 fully saturated rings. The normalized spacial score (nSPS) is 18.5. The maximum Gasteiger partial charge on any atom is 0.323 e. The van der Waals surface area contributed by atoms with Crippen LogP contribution in [0.25, 0.3) is 10.8 Å². The van der Waals surface area contributed by atoms with Gasteiger partial charge in [0.25, 0.3) is 5.91 Å². The monoisotopic (exact) mass is 395 g/mol. The number of aromatic nitrogens is 1. The number of nitrogens with one attached hydrogen (secondary N) is 2. The lowest BCUT2D eigenvalue weighted by atomic mass is 10.00. The van der Waals surface area contributed by atoms with Gasteiger partial charge in [0.1, 0.15) is 5.75 Å². The maximum atomic E-state index is 12.6. The molecule has 1 saturated heterocycles. The third kappa shape index (κ3) is 3.06. The zero-order chi connectivity index (χ0) is 19.9. The molecule has 8 heteroatoms. The number of ether oxygens (including phenoxy) is 1. The van der Waals surface area contributed by atoms with Crippen LogP contribution in [-0.4, -0.2) is 34.3 Å². The first-order valence-electron chi connectivity index (χ1n) is 8.48. The first kappa shape index (κ1) is 17.9. The first-order chi connectivity index (χ1) is 13.4. The van der Waals surface area contributed by atoms with Crippen molar-refractivity contribution in [2.75, 3.05) is 7.11 Å². The number of aryl methyl sites for hydroxylation is 1. The molecular weight excluding hydrogens is 378 g/mol. The standard InChI is InChI=1S/C20H17N3O4S/c1-12-7-13(10-28-12)5-6-20(18(25)21-19(26)22-20)11-23-9-14-3-4-15(27-2)8-16(14)17(23)24/h3-4,7-10,24H,11H2,1-2H3,(H2,21,22,25,26)/t20-/m1/s1. The van der Waals surface area contributed by atoms with Crippen molar-refractivity contribution in [3.63, 3.8) is 0 Å². The van der Waals surface area contributed by atoms with E-state index in [4.69, 9.17) is 4.74 Å². The number of aromatic hydroxyl groups is 1. The molecule has 0 radical (unpaired) electrons. The molecule has 142 valence electrons. The zero-order valence-electron chi connectivity index (χ0n) is 15.2. The third-order valence-corrected chi connectivity index (χ3v) is 5.43. The van der Waals surface area contributed by atoms with E-state index in [-0.39, 0.29) is 12.4 Å². The van der Waals surface area contributed by atoms with E-state index in [1.807, 2.05) is 24.4 Å². The first-order valence-corrected chi connectivity index (χ1v) is 9.36. The molecule has 0 bridgehead atoms. The fraction of sp³-hybridized carbons (Fsp3) is 0.200. The van der Waals surface area contributed by atoms with Crippen molar-refractivity contribution in [2.45, 2.75) is 19.0 Å². The van der Waals surface area contributed by atoms with Crippen LogP contribution in [-0.2, 0) is 11.3 Å². The largest absolute Gasteiger partial charge is 0.497 e. The van der Waals surface area contributed by atoms with Gasteiger partial charge >= 0.3 is 6.03 Å². The van der Waals surface area contributed by atoms with Gasteiger partial charge in [0.15, 0.2) is 5.88 Å². The Kier molecular flexibility index (Phi) is 4.24. The van der Waals surface area contributed by atoms with Gasteiger partial charge in [0, 0.05) is 32.8 Å². The van der Waals surface area contributed by atoms with Crippen molar-refractivity contribution in [1.82, 2.24) is 15.2 Å². The molecule has 28 heavy (non-hydrogen) atoms. The van der Waals surface area contributed by atoms with E-state index in [9.17, 15) is 14.7 Å². The summed E-state index contributed by atoms with van der Waals surface area (Å²) in [6, 6.07) is 6.60. The summed E-state index contributed by atoms with van der Waals surface area (Å²) in [5, 5.41) is 18.7. The SMILES string of the molecule is COc1ccc2cn(C[C@@]3(C#Cc4csc(C)c4)NC(=O)NC3=O)c(O)c2c1. The molecule has 2 aromatic heterocycles. The molecule has 3 heterocycles. The number of carbonyl (C=O) groups is 2. The number of nitrogens with zero attached hydrogens (tertiary/aromatic N) is 1. The minimum atomic E-state index is -1.48. The van der Waals surface area contributed by atoms with Crippen LogP contribution in [0.5, 0.6) is 11.6 Å². The van der Waals surface area contributed by atoms with Crippen molar-refractivity contribution in [2.24, 2.45) is 0 Å². The second-order valence-corrected chi connectivity index (χ2v) is 7.66. The number of urea groups is 1. The lowest BCUT2D eigenvalue weighted by Gasteiger charge is -2.20. The van der Waals surface area contributed by atoms with E-state index >= 15 is 0 Å². The summed E-state index contributed by atoms with van der Waals surface area (Å²) in [6.07, 6.45) is 1.71. The van der Waals surface area contributed by atoms with E-state index in [1.54, 1.807) is 36.8 Å². The predicted octanol–water partition coefficient (Wildman–Crippen LogP) is 2.36. The number of fused-ring (bicyclic) bond motifs is 1. The van der Waals surface area contributed by atoms with Crippen LogP contribution in [0.15, 0.2) is 35.8 Å². The van der Waals surface area contributed by atoms with Gasteiger partial charge in [-0.1, -0.05) is 11.8 Å². The van der Waals surface area contributed by atoms with E-state index in [1.165, 1.54) is 4.57 Å². The average molecular weight is 395 g/mol. The molecular formula is C20H17N3O4S. The number of imide groups is 1. The third-order valence-electron chi connectivity index (χ3n) is 4.57. The van der Waals surface area contributed by atoms with Crippen molar-refractivity contribution in [1.29, 1.82) is 0 Å². The van der Waals surface area contributed by atoms with Crippen LogP contribution in [0.1, 0.15) is 10.4 Å². The molecule has 1 aromatic carbocycles. The summed E-state index contributed by atoms with van der Waals surface area (Å²) >= 11 is 1.55. The fourth-order valence-corrected chi connectivity index (χ4v) is 3.78. The van der Waals surface area contributed by atoms with Gasteiger partial charge in [-0.2, -0.15) is 0 Å². The lowest BCUT2D eigenvalue weighted by molar-refractivity contribution is -0.122. The van der Waals surface area contributed by atoms with E-state index < -0.39 is 17.5 Å². The van der Waals surface area contributed by atoms with Crippen molar-refractivity contribution < 1.29 is 19.4 Å². The molecule has 1 aliphatic rings. The molecule has 3 amide bonds. The highest BCUT2D eigenvalue weighted by atomic mass is 32.1. The van der Waals surface area contributed by atoms with E-state index in [2.05, 4.69) is 22.5 Å². The average Bonchev–Trinajstić information content (AvgIpc) is 3.30. The van der Waals surface area contributed by atoms with Crippen LogP contribution in [0.4, 0.5) is 4.79 Å². The summed E-state index contributed by atoms with van der Waals surface area (Å²) in [5.41, 5.74) is -0.716. The molecule has 4 rings (SSSR count). The Bertz CT molecular complexity index is 1170. The molecule has 0 unspecified atom stereocenters. The highest BCUT2D eigenvalue weighted by Gasteiger charge is 2.46. The number of methoxy groups -OCH3 is 1. The Morgan fingerprint density at radius 1 is 1.32 bits per heavy atom. The van der Waals surface area contributed by atoms with E-state index in [0.29, 0.717) is 11.1 Å². The minimum Gasteiger partial charge on any atom is -0.497 e. The number of hydrogen-bond acceptors (Lipinski definition) is 5. The Balaban J connectivity index is 1.76. The minimum absolute atomic E-state index is 0.0320. The molecule has 0 aliphatic carbocycles. The second-order valence-electron chi connectivity index (χ2n) is 6.54. The van der Waals surface area contributed by atoms with Crippen LogP contribution in [0, 0.1) is 18.8 Å². The van der Waals surface area contributed by atoms with Gasteiger partial charge in [0.2, 0.25) is 5.54 Å². The molecule has 0 spiro atoms. The Morgan fingerprint density at radius 2 is 2.14 bits per heavy atom. The molecule has 3 N–H and O–H groups in total. The number of hydrogen-bond donors (Lipinski definition) is 3. The zero-order valence-corrected chi connectivity index (χ0v) is 16.0. The predicted molar refractivity (Wildman–Crippen MR) is 105 cm³/mol. The summed E-state index contributed by atoms with van der Waals surface area (Å²) in [4.78, 5) is 25.5. The molecule has 0 saturated carbocycles. The maximum absolute atomic E-state index is 12.6. The van der Waals surface area contributed by atoms with Crippen LogP contribution < -0.4 is 15.4 Å². The number of carbonyl (C=O) groups excluding carboxylic acids is 2. The lowest BCUT2D eigenvalue weighted by Crippen LogP contribution is -2.49. The van der Waals surface area contributed by atoms with Gasteiger partial charge in [0.05, 0.1) is 13.7 Å². The molecule has 3 aromatic rings. The van der Waals surface area contributed by atoms with Gasteiger partial charge in [-0.05, 0) is 31.2 Å². The van der Waals surface area contributed by atoms with Crippen LogP contribution in [0.2, 0.25) is 0 Å². The molecule has 7 nitrogen and oxygen atoms in total. The van der Waals surface area contributed by atoms with Crippen LogP contribution in [0.3, 0.4) is 0 Å². The summed E-state index contributed by atoms with van der Waals surface area (Å²) in [7, 11) is 1.55. The van der Waals surface area contributed by atoms with Crippen molar-refractivity contribution in [3.8, 4) is 23.5 Å². The van der Waals surface area contributed by atoms with Gasteiger partial charge in [-0.3, -0.25) is 10.1 Å². The van der Waals surface area contributed by atoms with Crippen molar-refractivity contribution in [3.05, 3.63) is 46.3 Å². The fourth-order valence-electron chi connectivity index (χ4n) is 3.15. The second kappa shape index (κ2) is 6.62. The summed E-state index contributed by atoms with van der Waals surface area (Å²) in [5.74, 6) is 5.89. The number of amides is 3. The summed E-state index contributed by atoms with van der Waals surface area (Å²) in [6.45, 7) is 1.93. The number of thiophene rings is 1. The molecule has 1 atom stereocenters. The highest BCUT2D eigenvalue weighted by Crippen LogP contribution is 2.32. The Hall–Kier alpha value is -3.44. The molecule has 1 aliphatic heterocycles. The van der Waals surface area contributed by atoms with Gasteiger partial charge in [-0.15, -0.1) is 11.3 Å². The Labute approximate surface area is 164 Å². The van der Waals surface area contributed by atoms with Crippen molar-refractivity contribution >= 4 is 34.0 Å². The van der Waals surface area contributed by atoms with Crippen LogP contribution >= 0.6 is 11.3 Å². The van der Waals surface area contributed by atoms with Gasteiger partial charge in [-0.25, -0.2) is 4.79 Å². The Morgan fingerprint density at radius 3 is 2.79 bits per heavy atom. The summed E-state index contributed by atoms with van der Waals surface area (Å²) < 4.78 is 6.70. The van der Waals surface area contributed by atoms with E-state index in [0.717, 1.165) is 15.8 Å².